The minimum atomic E-state index is -1.10. The lowest BCUT2D eigenvalue weighted by Crippen LogP contribution is -2.20. The number of carboxylic acids is 1. The Labute approximate surface area is 101 Å². The van der Waals surface area contributed by atoms with E-state index in [0.29, 0.717) is 0 Å². The molecule has 0 saturated heterocycles. The van der Waals surface area contributed by atoms with Gasteiger partial charge in [0.1, 0.15) is 12.9 Å². The highest BCUT2D eigenvalue weighted by atomic mass is 16.4. The summed E-state index contributed by atoms with van der Waals surface area (Å²) in [5.41, 5.74) is 0.269. The van der Waals surface area contributed by atoms with Crippen molar-refractivity contribution in [3.8, 4) is 0 Å². The number of hydrogen-bond donors (Lipinski definition) is 2. The highest BCUT2D eigenvalue weighted by Crippen LogP contribution is 2.14. The van der Waals surface area contributed by atoms with Crippen molar-refractivity contribution in [3.05, 3.63) is 36.2 Å². The zero-order valence-electron chi connectivity index (χ0n) is 9.15. The first-order chi connectivity index (χ1) is 8.66. The molecule has 8 nitrogen and oxygen atoms in total. The Morgan fingerprint density at radius 3 is 2.78 bits per heavy atom. The first kappa shape index (κ1) is 11.7. The summed E-state index contributed by atoms with van der Waals surface area (Å²) < 4.78 is 1.23. The Morgan fingerprint density at radius 2 is 2.11 bits per heavy atom. The highest BCUT2D eigenvalue weighted by Gasteiger charge is 2.12. The van der Waals surface area contributed by atoms with Crippen molar-refractivity contribution < 1.29 is 14.7 Å². The second-order valence-corrected chi connectivity index (χ2v) is 3.41. The van der Waals surface area contributed by atoms with Crippen LogP contribution in [0, 0.1) is 0 Å². The third kappa shape index (κ3) is 2.67. The Morgan fingerprint density at radius 1 is 1.33 bits per heavy atom. The first-order valence-corrected chi connectivity index (χ1v) is 5.00. The van der Waals surface area contributed by atoms with Gasteiger partial charge in [0.05, 0.1) is 11.3 Å². The number of carboxylic acid groups (broad SMARTS) is 1. The van der Waals surface area contributed by atoms with E-state index in [1.54, 1.807) is 12.1 Å². The fourth-order valence-corrected chi connectivity index (χ4v) is 1.37. The number of nitrogens with one attached hydrogen (secondary N) is 1. The number of rotatable bonds is 4. The fraction of sp³-hybridized carbons (Fsp3) is 0.100. The molecule has 1 heterocycles. The number of nitrogens with zero attached hydrogens (tertiary/aromatic N) is 4. The molecule has 0 radical (unpaired) electrons. The molecule has 0 aliphatic heterocycles. The molecule has 0 fully saturated rings. The minimum Gasteiger partial charge on any atom is -0.478 e. The number of carbonyl (C=O) groups is 2. The topological polar surface area (TPSA) is 110 Å². The maximum absolute atomic E-state index is 11.6. The van der Waals surface area contributed by atoms with Gasteiger partial charge in [-0.05, 0) is 22.6 Å². The molecule has 2 N–H and O–H groups in total. The lowest BCUT2D eigenvalue weighted by atomic mass is 10.2. The lowest BCUT2D eigenvalue weighted by molar-refractivity contribution is -0.116. The summed E-state index contributed by atoms with van der Waals surface area (Å²) in [5.74, 6) is -1.51. The van der Waals surface area contributed by atoms with Gasteiger partial charge in [0.15, 0.2) is 0 Å². The SMILES string of the molecule is O=C(Cn1cnnn1)Nc1ccccc1C(=O)O. The van der Waals surface area contributed by atoms with Gasteiger partial charge in [0.2, 0.25) is 5.91 Å². The van der Waals surface area contributed by atoms with E-state index in [9.17, 15) is 9.59 Å². The molecule has 0 atom stereocenters. The number of para-hydroxylation sites is 1. The fourth-order valence-electron chi connectivity index (χ4n) is 1.37. The van der Waals surface area contributed by atoms with Crippen LogP contribution in [0.15, 0.2) is 30.6 Å². The molecule has 0 spiro atoms. The lowest BCUT2D eigenvalue weighted by Gasteiger charge is -2.07. The number of anilines is 1. The molecular formula is C10H9N5O3. The van der Waals surface area contributed by atoms with Gasteiger partial charge in [-0.3, -0.25) is 4.79 Å². The number of tetrazole rings is 1. The van der Waals surface area contributed by atoms with E-state index in [1.165, 1.54) is 23.1 Å². The minimum absolute atomic E-state index is 0.0302. The number of aromatic nitrogens is 4. The molecule has 92 valence electrons. The molecular weight excluding hydrogens is 238 g/mol. The standard InChI is InChI=1S/C10H9N5O3/c16-9(5-15-6-11-13-14-15)12-8-4-2-1-3-7(8)10(17)18/h1-4,6H,5H2,(H,12,16)(H,17,18). The number of hydrogen-bond acceptors (Lipinski definition) is 5. The van der Waals surface area contributed by atoms with Gasteiger partial charge in [0.25, 0.3) is 0 Å². The summed E-state index contributed by atoms with van der Waals surface area (Å²) in [6.45, 7) is -0.0824. The zero-order chi connectivity index (χ0) is 13.0. The zero-order valence-corrected chi connectivity index (χ0v) is 9.15. The van der Waals surface area contributed by atoms with Crippen LogP contribution in [-0.2, 0) is 11.3 Å². The van der Waals surface area contributed by atoms with E-state index in [4.69, 9.17) is 5.11 Å². The van der Waals surface area contributed by atoms with Crippen LogP contribution in [-0.4, -0.2) is 37.2 Å². The molecule has 2 rings (SSSR count). The molecule has 1 aromatic heterocycles. The van der Waals surface area contributed by atoms with E-state index < -0.39 is 11.9 Å². The summed E-state index contributed by atoms with van der Waals surface area (Å²) in [5, 5.41) is 21.7. The molecule has 0 bridgehead atoms. The van der Waals surface area contributed by atoms with E-state index in [-0.39, 0.29) is 17.8 Å². The van der Waals surface area contributed by atoms with Crippen LogP contribution in [0.1, 0.15) is 10.4 Å². The van der Waals surface area contributed by atoms with Gasteiger partial charge in [-0.1, -0.05) is 12.1 Å². The summed E-state index contributed by atoms with van der Waals surface area (Å²) in [6, 6.07) is 6.15. The van der Waals surface area contributed by atoms with Crippen molar-refractivity contribution in [2.24, 2.45) is 0 Å². The third-order valence-electron chi connectivity index (χ3n) is 2.13. The Hall–Kier alpha value is -2.77. The number of amides is 1. The van der Waals surface area contributed by atoms with Crippen LogP contribution in [0.2, 0.25) is 0 Å². The molecule has 2 aromatic rings. The van der Waals surface area contributed by atoms with Crippen LogP contribution in [0.5, 0.6) is 0 Å². The Kier molecular flexibility index (Phi) is 3.28. The second kappa shape index (κ2) is 5.04. The summed E-state index contributed by atoms with van der Waals surface area (Å²) in [4.78, 5) is 22.6. The maximum atomic E-state index is 11.6. The molecule has 0 saturated carbocycles. The van der Waals surface area contributed by atoms with Crippen LogP contribution in [0.25, 0.3) is 0 Å². The van der Waals surface area contributed by atoms with Crippen LogP contribution in [0.3, 0.4) is 0 Å². The van der Waals surface area contributed by atoms with E-state index in [0.717, 1.165) is 0 Å². The van der Waals surface area contributed by atoms with Crippen molar-refractivity contribution in [1.82, 2.24) is 20.2 Å². The summed E-state index contributed by atoms with van der Waals surface area (Å²) in [7, 11) is 0. The van der Waals surface area contributed by atoms with E-state index >= 15 is 0 Å². The molecule has 18 heavy (non-hydrogen) atoms. The van der Waals surface area contributed by atoms with Crippen LogP contribution < -0.4 is 5.32 Å². The van der Waals surface area contributed by atoms with Crippen molar-refractivity contribution in [2.75, 3.05) is 5.32 Å². The van der Waals surface area contributed by atoms with Gasteiger partial charge in [-0.2, -0.15) is 0 Å². The maximum Gasteiger partial charge on any atom is 0.337 e. The summed E-state index contributed by atoms with van der Waals surface area (Å²) in [6.07, 6.45) is 1.29. The molecule has 8 heteroatoms. The molecule has 0 aliphatic carbocycles. The smallest absolute Gasteiger partial charge is 0.337 e. The van der Waals surface area contributed by atoms with Gasteiger partial charge in [-0.15, -0.1) is 5.10 Å². The quantitative estimate of drug-likeness (QED) is 0.787. The Balaban J connectivity index is 2.09. The number of carbonyl (C=O) groups excluding carboxylic acids is 1. The van der Waals surface area contributed by atoms with Gasteiger partial charge >= 0.3 is 5.97 Å². The van der Waals surface area contributed by atoms with Crippen LogP contribution in [0.4, 0.5) is 5.69 Å². The predicted molar refractivity (Wildman–Crippen MR) is 59.8 cm³/mol. The van der Waals surface area contributed by atoms with Crippen LogP contribution >= 0.6 is 0 Å². The number of aromatic carboxylic acids is 1. The van der Waals surface area contributed by atoms with Gasteiger partial charge in [-0.25, -0.2) is 9.48 Å². The highest BCUT2D eigenvalue weighted by molar-refractivity contribution is 6.00. The van der Waals surface area contributed by atoms with Gasteiger partial charge < -0.3 is 10.4 Å². The molecule has 0 aliphatic rings. The average molecular weight is 247 g/mol. The van der Waals surface area contributed by atoms with Gasteiger partial charge in [0, 0.05) is 0 Å². The van der Waals surface area contributed by atoms with E-state index in [2.05, 4.69) is 20.8 Å². The molecule has 1 aromatic carbocycles. The summed E-state index contributed by atoms with van der Waals surface area (Å²) >= 11 is 0. The normalized spacial score (nSPS) is 10.0. The van der Waals surface area contributed by atoms with Crippen molar-refractivity contribution >= 4 is 17.6 Å². The second-order valence-electron chi connectivity index (χ2n) is 3.41. The van der Waals surface area contributed by atoms with E-state index in [1.807, 2.05) is 0 Å². The largest absolute Gasteiger partial charge is 0.478 e. The predicted octanol–water partition coefficient (Wildman–Crippen LogP) is 0.01000. The monoisotopic (exact) mass is 247 g/mol. The Bertz CT molecular complexity index is 567. The average Bonchev–Trinajstić information content (AvgIpc) is 2.82. The third-order valence-corrected chi connectivity index (χ3v) is 2.13. The molecule has 1 amide bonds. The van der Waals surface area contributed by atoms with Crippen molar-refractivity contribution in [1.29, 1.82) is 0 Å². The molecule has 0 unspecified atom stereocenters. The number of benzene rings is 1. The first-order valence-electron chi connectivity index (χ1n) is 5.00. The van der Waals surface area contributed by atoms with Crippen molar-refractivity contribution in [3.63, 3.8) is 0 Å². The van der Waals surface area contributed by atoms with Crippen molar-refractivity contribution in [2.45, 2.75) is 6.54 Å².